The van der Waals surface area contributed by atoms with Gasteiger partial charge in [-0.1, -0.05) is 60.4 Å². The number of nitrogens with zero attached hydrogens (tertiary/aromatic N) is 1. The van der Waals surface area contributed by atoms with Crippen LogP contribution < -0.4 is 5.32 Å². The summed E-state index contributed by atoms with van der Waals surface area (Å²) in [6.45, 7) is 0.514. The minimum absolute atomic E-state index is 0. The average molecular weight is 417 g/mol. The molecule has 2 atom stereocenters. The van der Waals surface area contributed by atoms with Crippen molar-refractivity contribution in [3.05, 3.63) is 108 Å². The lowest BCUT2D eigenvalue weighted by Crippen LogP contribution is -2.33. The zero-order valence-electron chi connectivity index (χ0n) is 16.8. The van der Waals surface area contributed by atoms with Crippen LogP contribution in [-0.2, 0) is 0 Å². The molecule has 1 aromatic heterocycles. The summed E-state index contributed by atoms with van der Waals surface area (Å²) in [5.74, 6) is 6.46. The van der Waals surface area contributed by atoms with Crippen molar-refractivity contribution in [3.63, 3.8) is 0 Å². The number of hydrogen-bond acceptors (Lipinski definition) is 2. The Labute approximate surface area is 183 Å². The van der Waals surface area contributed by atoms with Gasteiger partial charge in [0, 0.05) is 34.8 Å². The van der Waals surface area contributed by atoms with Crippen molar-refractivity contribution in [2.75, 3.05) is 13.6 Å². The third-order valence-corrected chi connectivity index (χ3v) is 5.06. The Balaban J connectivity index is 0.00000256. The molecule has 1 heterocycles. The fourth-order valence-electron chi connectivity index (χ4n) is 3.69. The largest absolute Gasteiger partial charge is 0.389 e. The summed E-state index contributed by atoms with van der Waals surface area (Å²) in [7, 11) is 1.86. The molecule has 0 radical (unpaired) electrons. The molecule has 4 heteroatoms. The second-order valence-electron chi connectivity index (χ2n) is 7.09. The van der Waals surface area contributed by atoms with Crippen LogP contribution in [0, 0.1) is 11.8 Å². The van der Waals surface area contributed by atoms with Crippen LogP contribution in [0.4, 0.5) is 0 Å². The van der Waals surface area contributed by atoms with Crippen molar-refractivity contribution in [2.45, 2.75) is 12.1 Å². The van der Waals surface area contributed by atoms with Crippen molar-refractivity contribution in [1.82, 2.24) is 9.88 Å². The molecular weight excluding hydrogens is 392 g/mol. The van der Waals surface area contributed by atoms with Gasteiger partial charge in [0.25, 0.3) is 0 Å². The zero-order valence-corrected chi connectivity index (χ0v) is 17.6. The van der Waals surface area contributed by atoms with Crippen LogP contribution in [0.3, 0.4) is 0 Å². The summed E-state index contributed by atoms with van der Waals surface area (Å²) in [5.41, 5.74) is 4.15. The molecule has 0 bridgehead atoms. The summed E-state index contributed by atoms with van der Waals surface area (Å²) in [5, 5.41) is 15.1. The van der Waals surface area contributed by atoms with Crippen molar-refractivity contribution in [3.8, 4) is 11.8 Å². The van der Waals surface area contributed by atoms with E-state index in [0.29, 0.717) is 6.54 Å². The fraction of sp³-hybridized carbons (Fsp3) is 0.154. The maximum Gasteiger partial charge on any atom is 0.0912 e. The molecule has 0 unspecified atom stereocenters. The predicted octanol–water partition coefficient (Wildman–Crippen LogP) is 4.63. The van der Waals surface area contributed by atoms with Gasteiger partial charge in [-0.25, -0.2) is 0 Å². The minimum atomic E-state index is -0.546. The van der Waals surface area contributed by atoms with Crippen molar-refractivity contribution >= 4 is 23.3 Å². The lowest BCUT2D eigenvalue weighted by Gasteiger charge is -2.26. The molecule has 0 spiro atoms. The Morgan fingerprint density at radius 3 is 2.23 bits per heavy atom. The molecule has 0 fully saturated rings. The summed E-state index contributed by atoms with van der Waals surface area (Å²) in [6, 6.07) is 28.3. The number of rotatable bonds is 5. The van der Waals surface area contributed by atoms with Crippen LogP contribution >= 0.6 is 12.4 Å². The Morgan fingerprint density at radius 1 is 0.867 bits per heavy atom. The lowest BCUT2D eigenvalue weighted by atomic mass is 10.0. The Hall–Kier alpha value is -3.03. The summed E-state index contributed by atoms with van der Waals surface area (Å²) < 4.78 is 2.15. The molecule has 0 aliphatic rings. The van der Waals surface area contributed by atoms with Crippen LogP contribution in [0.2, 0.25) is 0 Å². The lowest BCUT2D eigenvalue weighted by molar-refractivity contribution is 0.132. The van der Waals surface area contributed by atoms with Crippen LogP contribution in [-0.4, -0.2) is 29.4 Å². The first kappa shape index (κ1) is 21.7. The van der Waals surface area contributed by atoms with Gasteiger partial charge < -0.3 is 15.0 Å². The molecule has 2 N–H and O–H groups in total. The van der Waals surface area contributed by atoms with Gasteiger partial charge >= 0.3 is 0 Å². The number of benzene rings is 3. The van der Waals surface area contributed by atoms with E-state index >= 15 is 0 Å². The van der Waals surface area contributed by atoms with Gasteiger partial charge in [0.2, 0.25) is 0 Å². The van der Waals surface area contributed by atoms with Crippen LogP contribution in [0.1, 0.15) is 22.7 Å². The third kappa shape index (κ3) is 4.75. The first-order chi connectivity index (χ1) is 14.3. The van der Waals surface area contributed by atoms with E-state index in [9.17, 15) is 5.11 Å². The third-order valence-electron chi connectivity index (χ3n) is 5.06. The van der Waals surface area contributed by atoms with Gasteiger partial charge in [-0.05, 0) is 49.0 Å². The number of aliphatic hydroxyl groups is 1. The van der Waals surface area contributed by atoms with E-state index < -0.39 is 6.10 Å². The molecule has 4 rings (SSSR count). The van der Waals surface area contributed by atoms with E-state index in [-0.39, 0.29) is 18.4 Å². The summed E-state index contributed by atoms with van der Waals surface area (Å²) in [6.07, 6.45) is 1.51. The van der Waals surface area contributed by atoms with Crippen molar-refractivity contribution in [1.29, 1.82) is 0 Å². The molecule has 152 valence electrons. The molecule has 0 amide bonds. The molecular formula is C26H25ClN2O. The standard InChI is InChI=1S/C26H24N2O.ClH/c1-27-19-25(29)26(22-10-6-3-7-11-22)28-17-16-23-18-21(14-15-24(23)28)13-12-20-8-4-2-5-9-20;/h2-11,14-18,25-27,29H,19H2,1H3;1H/t25-,26+;/m1./s1. The number of likely N-dealkylation sites (N-methyl/N-ethyl adjacent to an activating group) is 1. The number of halogens is 1. The number of fused-ring (bicyclic) bond motifs is 1. The van der Waals surface area contributed by atoms with Crippen LogP contribution in [0.5, 0.6) is 0 Å². The molecule has 3 aromatic carbocycles. The predicted molar refractivity (Wildman–Crippen MR) is 126 cm³/mol. The quantitative estimate of drug-likeness (QED) is 0.465. The van der Waals surface area contributed by atoms with Gasteiger partial charge in [0.1, 0.15) is 0 Å². The SMILES string of the molecule is CNC[C@@H](O)[C@H](c1ccccc1)n1ccc2cc(C#Cc3ccccc3)ccc21.Cl. The monoisotopic (exact) mass is 416 g/mol. The van der Waals surface area contributed by atoms with Gasteiger partial charge in [-0.3, -0.25) is 0 Å². The summed E-state index contributed by atoms with van der Waals surface area (Å²) >= 11 is 0. The van der Waals surface area contributed by atoms with Crippen molar-refractivity contribution < 1.29 is 5.11 Å². The normalized spacial score (nSPS) is 12.5. The summed E-state index contributed by atoms with van der Waals surface area (Å²) in [4.78, 5) is 0. The van der Waals surface area contributed by atoms with Gasteiger partial charge in [0.05, 0.1) is 12.1 Å². The van der Waals surface area contributed by atoms with E-state index in [2.05, 4.69) is 58.3 Å². The highest BCUT2D eigenvalue weighted by molar-refractivity contribution is 5.85. The fourth-order valence-corrected chi connectivity index (χ4v) is 3.69. The van der Waals surface area contributed by atoms with Crippen molar-refractivity contribution in [2.24, 2.45) is 0 Å². The zero-order chi connectivity index (χ0) is 20.1. The highest BCUT2D eigenvalue weighted by Gasteiger charge is 2.23. The molecule has 0 aliphatic carbocycles. The van der Waals surface area contributed by atoms with E-state index in [0.717, 1.165) is 27.6 Å². The Kier molecular flexibility index (Phi) is 7.32. The Bertz CT molecular complexity index is 1140. The molecule has 0 saturated carbocycles. The second-order valence-corrected chi connectivity index (χ2v) is 7.09. The van der Waals surface area contributed by atoms with E-state index in [4.69, 9.17) is 0 Å². The van der Waals surface area contributed by atoms with Gasteiger partial charge in [0.15, 0.2) is 0 Å². The number of aliphatic hydroxyl groups excluding tert-OH is 1. The molecule has 30 heavy (non-hydrogen) atoms. The number of aromatic nitrogens is 1. The Morgan fingerprint density at radius 2 is 1.53 bits per heavy atom. The minimum Gasteiger partial charge on any atom is -0.389 e. The number of nitrogens with one attached hydrogen (secondary N) is 1. The number of hydrogen-bond donors (Lipinski definition) is 2. The first-order valence-electron chi connectivity index (χ1n) is 9.81. The average Bonchev–Trinajstić information content (AvgIpc) is 3.17. The van der Waals surface area contributed by atoms with E-state index in [1.807, 2.05) is 61.6 Å². The van der Waals surface area contributed by atoms with Crippen LogP contribution in [0.15, 0.2) is 91.1 Å². The highest BCUT2D eigenvalue weighted by atomic mass is 35.5. The maximum atomic E-state index is 10.9. The molecule has 0 saturated heterocycles. The first-order valence-corrected chi connectivity index (χ1v) is 9.81. The molecule has 4 aromatic rings. The second kappa shape index (κ2) is 10.1. The van der Waals surface area contributed by atoms with E-state index in [1.165, 1.54) is 0 Å². The highest BCUT2D eigenvalue weighted by Crippen LogP contribution is 2.28. The molecule has 3 nitrogen and oxygen atoms in total. The smallest absolute Gasteiger partial charge is 0.0912 e. The topological polar surface area (TPSA) is 37.2 Å². The van der Waals surface area contributed by atoms with Crippen LogP contribution in [0.25, 0.3) is 10.9 Å². The maximum absolute atomic E-state index is 10.9. The molecule has 0 aliphatic heterocycles. The van der Waals surface area contributed by atoms with Gasteiger partial charge in [-0.2, -0.15) is 0 Å². The van der Waals surface area contributed by atoms with Gasteiger partial charge in [-0.15, -0.1) is 12.4 Å². The van der Waals surface area contributed by atoms with E-state index in [1.54, 1.807) is 0 Å².